The van der Waals surface area contributed by atoms with Crippen molar-refractivity contribution in [3.8, 4) is 0 Å². The van der Waals surface area contributed by atoms with Crippen molar-refractivity contribution in [1.82, 2.24) is 5.43 Å². The normalized spacial score (nSPS) is 10.0. The fraction of sp³-hybridized carbons (Fsp3) is 0.875. The van der Waals surface area contributed by atoms with Gasteiger partial charge in [0.2, 0.25) is 5.91 Å². The highest BCUT2D eigenvalue weighted by molar-refractivity contribution is 5.75. The number of amides is 1. The minimum absolute atomic E-state index is 0.213. The third kappa shape index (κ3) is 9.26. The molecule has 5 heteroatoms. The van der Waals surface area contributed by atoms with E-state index in [1.165, 1.54) is 0 Å². The summed E-state index contributed by atoms with van der Waals surface area (Å²) >= 11 is 0. The average Bonchev–Trinajstić information content (AvgIpc) is 2.16. The highest BCUT2D eigenvalue weighted by Crippen LogP contribution is 1.84. The molecule has 0 aliphatic rings. The molecule has 0 spiro atoms. The molecule has 1 amide bonds. The molecule has 0 unspecified atom stereocenters. The van der Waals surface area contributed by atoms with Crippen LogP contribution >= 0.6 is 0 Å². The Morgan fingerprint density at radius 1 is 1.23 bits per heavy atom. The summed E-state index contributed by atoms with van der Waals surface area (Å²) in [5.41, 5.74) is 2.03. The van der Waals surface area contributed by atoms with Gasteiger partial charge in [0.15, 0.2) is 0 Å². The van der Waals surface area contributed by atoms with Gasteiger partial charge in [-0.25, -0.2) is 5.84 Å². The Labute approximate surface area is 78.5 Å². The number of hydrazine groups is 1. The number of nitrogens with two attached hydrogens (primary N) is 1. The molecule has 0 heterocycles. The van der Waals surface area contributed by atoms with E-state index in [4.69, 9.17) is 15.3 Å². The van der Waals surface area contributed by atoms with E-state index < -0.39 is 0 Å². The second-order valence-corrected chi connectivity index (χ2v) is 2.54. The molecule has 13 heavy (non-hydrogen) atoms. The Kier molecular flexibility index (Phi) is 8.97. The summed E-state index contributed by atoms with van der Waals surface area (Å²) in [7, 11) is 0. The van der Waals surface area contributed by atoms with E-state index in [-0.39, 0.29) is 5.91 Å². The first-order chi connectivity index (χ1) is 6.31. The van der Waals surface area contributed by atoms with Gasteiger partial charge in [-0.2, -0.15) is 0 Å². The highest BCUT2D eigenvalue weighted by Gasteiger charge is 1.96. The van der Waals surface area contributed by atoms with Crippen molar-refractivity contribution in [1.29, 1.82) is 0 Å². The Morgan fingerprint density at radius 3 is 2.38 bits per heavy atom. The van der Waals surface area contributed by atoms with Crippen LogP contribution in [0.2, 0.25) is 0 Å². The van der Waals surface area contributed by atoms with Crippen molar-refractivity contribution in [2.75, 3.05) is 26.4 Å². The number of nitrogens with one attached hydrogen (secondary N) is 1. The maximum atomic E-state index is 10.6. The van der Waals surface area contributed by atoms with E-state index >= 15 is 0 Å². The van der Waals surface area contributed by atoms with Crippen molar-refractivity contribution >= 4 is 5.91 Å². The van der Waals surface area contributed by atoms with Crippen LogP contribution < -0.4 is 11.3 Å². The van der Waals surface area contributed by atoms with Gasteiger partial charge in [-0.15, -0.1) is 0 Å². The molecule has 0 atom stereocenters. The lowest BCUT2D eigenvalue weighted by Crippen LogP contribution is -2.30. The van der Waals surface area contributed by atoms with Gasteiger partial charge in [0.1, 0.15) is 0 Å². The van der Waals surface area contributed by atoms with Crippen LogP contribution in [0.5, 0.6) is 0 Å². The molecule has 0 aromatic heterocycles. The molecular weight excluding hydrogens is 172 g/mol. The second-order valence-electron chi connectivity index (χ2n) is 2.54. The summed E-state index contributed by atoms with van der Waals surface area (Å²) in [4.78, 5) is 10.6. The number of carbonyl (C=O) groups excluding carboxylic acids is 1. The first kappa shape index (κ1) is 12.3. The number of rotatable bonds is 8. The monoisotopic (exact) mass is 190 g/mol. The third-order valence-electron chi connectivity index (χ3n) is 1.35. The number of hydrogen-bond donors (Lipinski definition) is 2. The predicted molar refractivity (Wildman–Crippen MR) is 48.9 cm³/mol. The Morgan fingerprint density at radius 2 is 1.85 bits per heavy atom. The summed E-state index contributed by atoms with van der Waals surface area (Å²) in [6.45, 7) is 4.30. The summed E-state index contributed by atoms with van der Waals surface area (Å²) in [6, 6.07) is 0. The van der Waals surface area contributed by atoms with Crippen LogP contribution in [-0.4, -0.2) is 32.3 Å². The molecule has 0 aliphatic carbocycles. The van der Waals surface area contributed by atoms with Crippen LogP contribution in [0.1, 0.15) is 19.8 Å². The fourth-order valence-electron chi connectivity index (χ4n) is 0.703. The topological polar surface area (TPSA) is 73.6 Å². The van der Waals surface area contributed by atoms with Crippen molar-refractivity contribution in [3.63, 3.8) is 0 Å². The van der Waals surface area contributed by atoms with Gasteiger partial charge in [0, 0.05) is 6.61 Å². The summed E-state index contributed by atoms with van der Waals surface area (Å²) in [5.74, 6) is 4.66. The SMILES string of the molecule is CCCOCCOCCC(=O)NN. The molecule has 0 fully saturated rings. The van der Waals surface area contributed by atoms with Crippen LogP contribution in [0.25, 0.3) is 0 Å². The Balaban J connectivity index is 2.95. The van der Waals surface area contributed by atoms with Crippen molar-refractivity contribution in [3.05, 3.63) is 0 Å². The predicted octanol–water partition coefficient (Wildman–Crippen LogP) is -0.190. The van der Waals surface area contributed by atoms with Crippen LogP contribution in [-0.2, 0) is 14.3 Å². The lowest BCUT2D eigenvalue weighted by Gasteiger charge is -2.03. The number of ether oxygens (including phenoxy) is 2. The Bertz CT molecular complexity index is 131. The molecule has 0 aromatic carbocycles. The molecule has 0 bridgehead atoms. The van der Waals surface area contributed by atoms with Crippen LogP contribution in [0.3, 0.4) is 0 Å². The zero-order chi connectivity index (χ0) is 9.94. The van der Waals surface area contributed by atoms with Crippen LogP contribution in [0, 0.1) is 0 Å². The zero-order valence-electron chi connectivity index (χ0n) is 8.04. The molecule has 0 rings (SSSR count). The van der Waals surface area contributed by atoms with E-state index in [0.717, 1.165) is 13.0 Å². The van der Waals surface area contributed by atoms with Gasteiger partial charge < -0.3 is 9.47 Å². The van der Waals surface area contributed by atoms with Gasteiger partial charge in [0.05, 0.1) is 26.2 Å². The van der Waals surface area contributed by atoms with Gasteiger partial charge in [-0.1, -0.05) is 6.92 Å². The van der Waals surface area contributed by atoms with Crippen molar-refractivity contribution < 1.29 is 14.3 Å². The van der Waals surface area contributed by atoms with Crippen LogP contribution in [0.15, 0.2) is 0 Å². The minimum atomic E-state index is -0.213. The zero-order valence-corrected chi connectivity index (χ0v) is 8.04. The largest absolute Gasteiger partial charge is 0.379 e. The van der Waals surface area contributed by atoms with Crippen molar-refractivity contribution in [2.45, 2.75) is 19.8 Å². The summed E-state index contributed by atoms with van der Waals surface area (Å²) in [5, 5.41) is 0. The second kappa shape index (κ2) is 9.44. The van der Waals surface area contributed by atoms with Crippen LogP contribution in [0.4, 0.5) is 0 Å². The van der Waals surface area contributed by atoms with Gasteiger partial charge in [-0.3, -0.25) is 10.2 Å². The first-order valence-corrected chi connectivity index (χ1v) is 4.46. The molecule has 0 saturated heterocycles. The number of carbonyl (C=O) groups is 1. The van der Waals surface area contributed by atoms with E-state index in [1.54, 1.807) is 0 Å². The number of hydrogen-bond acceptors (Lipinski definition) is 4. The molecule has 78 valence electrons. The quantitative estimate of drug-likeness (QED) is 0.241. The van der Waals surface area contributed by atoms with E-state index in [0.29, 0.717) is 26.2 Å². The third-order valence-corrected chi connectivity index (χ3v) is 1.35. The fourth-order valence-corrected chi connectivity index (χ4v) is 0.703. The molecule has 3 N–H and O–H groups in total. The molecule has 0 saturated carbocycles. The smallest absolute Gasteiger partial charge is 0.236 e. The van der Waals surface area contributed by atoms with E-state index in [9.17, 15) is 4.79 Å². The molecular formula is C8H18N2O3. The van der Waals surface area contributed by atoms with Gasteiger partial charge in [0.25, 0.3) is 0 Å². The molecule has 5 nitrogen and oxygen atoms in total. The van der Waals surface area contributed by atoms with Gasteiger partial charge >= 0.3 is 0 Å². The molecule has 0 aliphatic heterocycles. The Hall–Kier alpha value is -0.650. The average molecular weight is 190 g/mol. The maximum Gasteiger partial charge on any atom is 0.236 e. The summed E-state index contributed by atoms with van der Waals surface area (Å²) in [6.07, 6.45) is 1.31. The minimum Gasteiger partial charge on any atom is -0.379 e. The maximum absolute atomic E-state index is 10.6. The highest BCUT2D eigenvalue weighted by atomic mass is 16.5. The first-order valence-electron chi connectivity index (χ1n) is 4.46. The molecule has 0 aromatic rings. The van der Waals surface area contributed by atoms with E-state index in [1.807, 2.05) is 12.3 Å². The van der Waals surface area contributed by atoms with Crippen molar-refractivity contribution in [2.24, 2.45) is 5.84 Å². The standard InChI is InChI=1S/C8H18N2O3/c1-2-4-12-6-7-13-5-3-8(11)10-9/h2-7,9H2,1H3,(H,10,11). The molecule has 0 radical (unpaired) electrons. The lowest BCUT2D eigenvalue weighted by atomic mass is 10.4. The van der Waals surface area contributed by atoms with E-state index in [2.05, 4.69) is 0 Å². The summed E-state index contributed by atoms with van der Waals surface area (Å²) < 4.78 is 10.3. The van der Waals surface area contributed by atoms with Gasteiger partial charge in [-0.05, 0) is 6.42 Å². The lowest BCUT2D eigenvalue weighted by molar-refractivity contribution is -0.122.